The van der Waals surface area contributed by atoms with Gasteiger partial charge in [-0.2, -0.15) is 0 Å². The van der Waals surface area contributed by atoms with Crippen molar-refractivity contribution in [1.29, 1.82) is 0 Å². The van der Waals surface area contributed by atoms with Gasteiger partial charge in [0, 0.05) is 42.2 Å². The van der Waals surface area contributed by atoms with Gasteiger partial charge >= 0.3 is 0 Å². The molecule has 1 fully saturated rings. The molecule has 0 spiro atoms. The van der Waals surface area contributed by atoms with Crippen LogP contribution in [-0.4, -0.2) is 54.7 Å². The van der Waals surface area contributed by atoms with Crippen LogP contribution in [0.2, 0.25) is 0 Å². The molecule has 1 aromatic carbocycles. The van der Waals surface area contributed by atoms with E-state index in [1.165, 1.54) is 0 Å². The molecular weight excluding hydrogens is 390 g/mol. The molecule has 0 saturated carbocycles. The SMILES string of the molecule is Cc1nc(CSc2ccccc2C(=O)NCC2CN(CC(C)C)CCO2)cs1. The molecule has 1 N–H and O–H groups in total. The number of aryl methyl sites for hydroxylation is 1. The standard InChI is InChI=1S/C21H29N3O2S2/c1-15(2)11-24-8-9-26-18(12-24)10-22-21(25)19-6-4-5-7-20(19)28-14-17-13-27-16(3)23-17/h4-7,13,15,18H,8-12,14H2,1-3H3,(H,22,25). The van der Waals surface area contributed by atoms with Gasteiger partial charge in [-0.05, 0) is 25.0 Å². The maximum Gasteiger partial charge on any atom is 0.252 e. The number of thiazole rings is 1. The summed E-state index contributed by atoms with van der Waals surface area (Å²) in [6.07, 6.45) is 0.0502. The lowest BCUT2D eigenvalue weighted by molar-refractivity contribution is -0.0295. The van der Waals surface area contributed by atoms with E-state index in [1.54, 1.807) is 23.1 Å². The Kier molecular flexibility index (Phi) is 7.91. The van der Waals surface area contributed by atoms with Gasteiger partial charge in [0.15, 0.2) is 0 Å². The number of carbonyl (C=O) groups excluding carboxylic acids is 1. The van der Waals surface area contributed by atoms with Gasteiger partial charge in [-0.3, -0.25) is 9.69 Å². The van der Waals surface area contributed by atoms with Crippen LogP contribution in [0, 0.1) is 12.8 Å². The van der Waals surface area contributed by atoms with E-state index in [-0.39, 0.29) is 12.0 Å². The molecule has 5 nitrogen and oxygen atoms in total. The lowest BCUT2D eigenvalue weighted by Gasteiger charge is -2.34. The summed E-state index contributed by atoms with van der Waals surface area (Å²) in [7, 11) is 0. The minimum atomic E-state index is -0.0397. The van der Waals surface area contributed by atoms with E-state index in [2.05, 4.69) is 34.4 Å². The van der Waals surface area contributed by atoms with E-state index in [0.29, 0.717) is 18.0 Å². The number of nitrogens with one attached hydrogen (secondary N) is 1. The highest BCUT2D eigenvalue weighted by atomic mass is 32.2. The zero-order valence-electron chi connectivity index (χ0n) is 16.8. The molecule has 1 unspecified atom stereocenters. The van der Waals surface area contributed by atoms with Crippen molar-refractivity contribution in [3.8, 4) is 0 Å². The topological polar surface area (TPSA) is 54.5 Å². The predicted molar refractivity (Wildman–Crippen MR) is 116 cm³/mol. The van der Waals surface area contributed by atoms with Crippen molar-refractivity contribution in [2.75, 3.05) is 32.8 Å². The second-order valence-electron chi connectivity index (χ2n) is 7.50. The van der Waals surface area contributed by atoms with E-state index in [4.69, 9.17) is 4.74 Å². The molecule has 1 aliphatic rings. The van der Waals surface area contributed by atoms with Crippen LogP contribution in [0.25, 0.3) is 0 Å². The van der Waals surface area contributed by atoms with E-state index < -0.39 is 0 Å². The number of carbonyl (C=O) groups is 1. The Balaban J connectivity index is 1.54. The van der Waals surface area contributed by atoms with Crippen LogP contribution < -0.4 is 5.32 Å². The molecule has 1 amide bonds. The van der Waals surface area contributed by atoms with E-state index in [9.17, 15) is 4.79 Å². The van der Waals surface area contributed by atoms with Gasteiger partial charge in [0.25, 0.3) is 5.91 Å². The molecule has 28 heavy (non-hydrogen) atoms. The Morgan fingerprint density at radius 3 is 3.00 bits per heavy atom. The largest absolute Gasteiger partial charge is 0.374 e. The van der Waals surface area contributed by atoms with Crippen LogP contribution in [0.4, 0.5) is 0 Å². The maximum absolute atomic E-state index is 12.8. The van der Waals surface area contributed by atoms with Gasteiger partial charge in [0.2, 0.25) is 0 Å². The van der Waals surface area contributed by atoms with Gasteiger partial charge in [-0.15, -0.1) is 23.1 Å². The van der Waals surface area contributed by atoms with Crippen LogP contribution in [0.5, 0.6) is 0 Å². The van der Waals surface area contributed by atoms with E-state index in [1.807, 2.05) is 31.2 Å². The number of hydrogen-bond acceptors (Lipinski definition) is 6. The quantitative estimate of drug-likeness (QED) is 0.659. The van der Waals surface area contributed by atoms with Crippen LogP contribution in [0.15, 0.2) is 34.5 Å². The second kappa shape index (κ2) is 10.4. The number of thioether (sulfide) groups is 1. The zero-order chi connectivity index (χ0) is 19.9. The summed E-state index contributed by atoms with van der Waals surface area (Å²) in [6.45, 7) is 10.7. The normalized spacial score (nSPS) is 17.8. The number of nitrogens with zero attached hydrogens (tertiary/aromatic N) is 2. The number of benzene rings is 1. The first-order valence-electron chi connectivity index (χ1n) is 9.76. The van der Waals surface area contributed by atoms with Gasteiger partial charge in [-0.25, -0.2) is 4.98 Å². The molecule has 3 rings (SSSR count). The summed E-state index contributed by atoms with van der Waals surface area (Å²) >= 11 is 3.31. The van der Waals surface area contributed by atoms with Gasteiger partial charge in [-0.1, -0.05) is 26.0 Å². The third kappa shape index (κ3) is 6.30. The monoisotopic (exact) mass is 419 g/mol. The molecule has 1 saturated heterocycles. The van der Waals surface area contributed by atoms with Gasteiger partial charge in [0.05, 0.1) is 29.0 Å². The zero-order valence-corrected chi connectivity index (χ0v) is 18.4. The van der Waals surface area contributed by atoms with Gasteiger partial charge < -0.3 is 10.1 Å². The highest BCUT2D eigenvalue weighted by Gasteiger charge is 2.22. The summed E-state index contributed by atoms with van der Waals surface area (Å²) in [6, 6.07) is 7.77. The predicted octanol–water partition coefficient (Wildman–Crippen LogP) is 3.83. The number of morpholine rings is 1. The maximum atomic E-state index is 12.8. The molecule has 0 bridgehead atoms. The second-order valence-corrected chi connectivity index (χ2v) is 9.58. The third-order valence-corrected chi connectivity index (χ3v) is 6.44. The molecule has 0 aliphatic carbocycles. The molecule has 7 heteroatoms. The number of ether oxygens (including phenoxy) is 1. The molecule has 2 heterocycles. The number of hydrogen-bond donors (Lipinski definition) is 1. The number of aromatic nitrogens is 1. The third-order valence-electron chi connectivity index (χ3n) is 4.51. The van der Waals surface area contributed by atoms with Crippen molar-refractivity contribution >= 4 is 29.0 Å². The van der Waals surface area contributed by atoms with Crippen molar-refractivity contribution in [3.63, 3.8) is 0 Å². The highest BCUT2D eigenvalue weighted by molar-refractivity contribution is 7.98. The first-order chi connectivity index (χ1) is 13.5. The molecule has 0 radical (unpaired) electrons. The lowest BCUT2D eigenvalue weighted by Crippen LogP contribution is -2.48. The summed E-state index contributed by atoms with van der Waals surface area (Å²) in [5.74, 6) is 1.37. The molecule has 1 aromatic heterocycles. The summed E-state index contributed by atoms with van der Waals surface area (Å²) in [5.41, 5.74) is 1.78. The summed E-state index contributed by atoms with van der Waals surface area (Å²) in [4.78, 5) is 20.7. The number of rotatable bonds is 8. The van der Waals surface area contributed by atoms with Crippen molar-refractivity contribution in [3.05, 3.63) is 45.9 Å². The molecule has 2 aromatic rings. The lowest BCUT2D eigenvalue weighted by atomic mass is 10.1. The Morgan fingerprint density at radius 1 is 1.43 bits per heavy atom. The fourth-order valence-corrected chi connectivity index (χ4v) is 4.95. The van der Waals surface area contributed by atoms with E-state index >= 15 is 0 Å². The van der Waals surface area contributed by atoms with Crippen LogP contribution in [0.1, 0.15) is 34.9 Å². The fraction of sp³-hybridized carbons (Fsp3) is 0.524. The smallest absolute Gasteiger partial charge is 0.252 e. The van der Waals surface area contributed by atoms with Crippen molar-refractivity contribution in [2.45, 2.75) is 37.5 Å². The van der Waals surface area contributed by atoms with Gasteiger partial charge in [0.1, 0.15) is 0 Å². The highest BCUT2D eigenvalue weighted by Crippen LogP contribution is 2.26. The Bertz CT molecular complexity index is 779. The van der Waals surface area contributed by atoms with Crippen LogP contribution in [0.3, 0.4) is 0 Å². The molecule has 1 atom stereocenters. The van der Waals surface area contributed by atoms with E-state index in [0.717, 1.165) is 47.6 Å². The Labute approximate surface area is 175 Å². The van der Waals surface area contributed by atoms with Crippen molar-refractivity contribution in [1.82, 2.24) is 15.2 Å². The number of amides is 1. The molecule has 152 valence electrons. The molecule has 1 aliphatic heterocycles. The molecular formula is C21H29N3O2S2. The average molecular weight is 420 g/mol. The minimum absolute atomic E-state index is 0.0397. The van der Waals surface area contributed by atoms with Crippen molar-refractivity contribution in [2.24, 2.45) is 5.92 Å². The fourth-order valence-electron chi connectivity index (χ4n) is 3.29. The minimum Gasteiger partial charge on any atom is -0.374 e. The first-order valence-corrected chi connectivity index (χ1v) is 11.6. The summed E-state index contributed by atoms with van der Waals surface area (Å²) < 4.78 is 5.85. The Hall–Kier alpha value is -1.41. The summed E-state index contributed by atoms with van der Waals surface area (Å²) in [5, 5.41) is 6.22. The Morgan fingerprint density at radius 2 is 2.25 bits per heavy atom. The van der Waals surface area contributed by atoms with Crippen LogP contribution in [-0.2, 0) is 10.5 Å². The average Bonchev–Trinajstić information content (AvgIpc) is 3.10. The van der Waals surface area contributed by atoms with Crippen LogP contribution >= 0.6 is 23.1 Å². The first kappa shape index (κ1) is 21.3. The van der Waals surface area contributed by atoms with Crippen molar-refractivity contribution < 1.29 is 9.53 Å².